The molecule has 0 unspecified atom stereocenters. The molecule has 0 bridgehead atoms. The molecule has 2 aromatic rings. The quantitative estimate of drug-likeness (QED) is 0.341. The van der Waals surface area contributed by atoms with E-state index in [1.165, 1.54) is 30.6 Å². The lowest BCUT2D eigenvalue weighted by Gasteiger charge is -2.17. The van der Waals surface area contributed by atoms with E-state index in [4.69, 9.17) is 17.3 Å². The van der Waals surface area contributed by atoms with Crippen LogP contribution in [0.25, 0.3) is 0 Å². The van der Waals surface area contributed by atoms with E-state index in [-0.39, 0.29) is 23.0 Å². The molecular weight excluding hydrogens is 435 g/mol. The molecule has 1 aliphatic rings. The summed E-state index contributed by atoms with van der Waals surface area (Å²) in [4.78, 5) is 33.0. The average molecular weight is 457 g/mol. The smallest absolute Gasteiger partial charge is 0.255 e. The second kappa shape index (κ2) is 10.1. The maximum absolute atomic E-state index is 13.2. The van der Waals surface area contributed by atoms with Gasteiger partial charge in [-0.3, -0.25) is 19.6 Å². The van der Waals surface area contributed by atoms with Gasteiger partial charge in [-0.2, -0.15) is 0 Å². The average Bonchev–Trinajstić information content (AvgIpc) is 3.56. The zero-order valence-corrected chi connectivity index (χ0v) is 17.8. The second-order valence-electron chi connectivity index (χ2n) is 7.09. The Morgan fingerprint density at radius 3 is 2.69 bits per heavy atom. The highest BCUT2D eigenvalue weighted by Crippen LogP contribution is 2.36. The van der Waals surface area contributed by atoms with Gasteiger partial charge in [-0.05, 0) is 43.2 Å². The number of aliphatic imine (C=N–C) groups is 1. The molecule has 166 valence electrons. The van der Waals surface area contributed by atoms with Crippen molar-refractivity contribution in [2.45, 2.75) is 24.9 Å². The summed E-state index contributed by atoms with van der Waals surface area (Å²) in [7, 11) is 0. The third-order valence-corrected chi connectivity index (χ3v) is 5.08. The lowest BCUT2D eigenvalue weighted by molar-refractivity contribution is -0.128. The molecule has 1 heterocycles. The molecule has 0 atom stereocenters. The first kappa shape index (κ1) is 23.0. The van der Waals surface area contributed by atoms with Crippen molar-refractivity contribution in [2.75, 3.05) is 5.32 Å². The fraction of sp³-hybridized carbons (Fsp3) is 0.182. The van der Waals surface area contributed by atoms with Crippen molar-refractivity contribution in [3.63, 3.8) is 0 Å². The van der Waals surface area contributed by atoms with Crippen LogP contribution < -0.4 is 21.7 Å². The van der Waals surface area contributed by atoms with E-state index in [9.17, 15) is 14.0 Å². The SMILES string of the molecule is C=C/N=C\C(=C/N)C(=O)NC1(C(=O)NCc2ccc(Nc3ccc(F)cc3Cl)cn2)CC1. The van der Waals surface area contributed by atoms with E-state index in [0.29, 0.717) is 29.9 Å². The molecule has 1 aliphatic carbocycles. The first-order valence-corrected chi connectivity index (χ1v) is 10.1. The molecule has 8 nitrogen and oxygen atoms in total. The number of benzene rings is 1. The van der Waals surface area contributed by atoms with Crippen LogP contribution in [0.4, 0.5) is 15.8 Å². The minimum absolute atomic E-state index is 0.134. The van der Waals surface area contributed by atoms with Crippen molar-refractivity contribution in [1.82, 2.24) is 15.6 Å². The number of aromatic nitrogens is 1. The number of rotatable bonds is 9. The number of nitrogens with one attached hydrogen (secondary N) is 3. The monoisotopic (exact) mass is 456 g/mol. The van der Waals surface area contributed by atoms with E-state index in [2.05, 4.69) is 32.5 Å². The number of carbonyl (C=O) groups excluding carboxylic acids is 2. The molecule has 1 saturated carbocycles. The van der Waals surface area contributed by atoms with Crippen LogP contribution in [0.15, 0.2) is 66.1 Å². The molecule has 1 aromatic heterocycles. The Morgan fingerprint density at radius 1 is 1.31 bits per heavy atom. The maximum atomic E-state index is 13.2. The molecule has 0 spiro atoms. The van der Waals surface area contributed by atoms with E-state index < -0.39 is 17.3 Å². The number of nitrogens with zero attached hydrogens (tertiary/aromatic N) is 2. The van der Waals surface area contributed by atoms with Gasteiger partial charge in [-0.25, -0.2) is 4.39 Å². The fourth-order valence-corrected chi connectivity index (χ4v) is 3.04. The first-order valence-electron chi connectivity index (χ1n) is 9.70. The third kappa shape index (κ3) is 5.70. The van der Waals surface area contributed by atoms with Gasteiger partial charge in [0.2, 0.25) is 5.91 Å². The second-order valence-corrected chi connectivity index (χ2v) is 7.50. The van der Waals surface area contributed by atoms with Gasteiger partial charge < -0.3 is 21.7 Å². The summed E-state index contributed by atoms with van der Waals surface area (Å²) in [6.45, 7) is 3.62. The number of nitrogens with two attached hydrogens (primary N) is 1. The standard InChI is InChI=1S/C22H22ClFN6O2/c1-2-26-11-14(10-25)20(31)30-22(7-8-22)21(32)28-12-16-4-5-17(13-27-16)29-19-6-3-15(24)9-18(19)23/h2-6,9-11,13,29H,1,7-8,12,25H2,(H,28,32)(H,30,31)/b14-10+,26-11-. The Labute approximate surface area is 189 Å². The summed E-state index contributed by atoms with van der Waals surface area (Å²) in [5.74, 6) is -1.21. The lowest BCUT2D eigenvalue weighted by atomic mass is 10.2. The van der Waals surface area contributed by atoms with Gasteiger partial charge in [0.25, 0.3) is 5.91 Å². The van der Waals surface area contributed by atoms with Gasteiger partial charge in [0.15, 0.2) is 0 Å². The van der Waals surface area contributed by atoms with Crippen LogP contribution >= 0.6 is 11.6 Å². The molecule has 1 aromatic carbocycles. The van der Waals surface area contributed by atoms with Crippen molar-refractivity contribution in [3.05, 3.63) is 77.6 Å². The van der Waals surface area contributed by atoms with Gasteiger partial charge >= 0.3 is 0 Å². The lowest BCUT2D eigenvalue weighted by Crippen LogP contribution is -2.49. The topological polar surface area (TPSA) is 121 Å². The van der Waals surface area contributed by atoms with E-state index in [1.54, 1.807) is 18.3 Å². The van der Waals surface area contributed by atoms with Crippen LogP contribution in [0.1, 0.15) is 18.5 Å². The van der Waals surface area contributed by atoms with Crippen molar-refractivity contribution >= 4 is 41.0 Å². The minimum Gasteiger partial charge on any atom is -0.404 e. The number of hydrogen-bond donors (Lipinski definition) is 4. The van der Waals surface area contributed by atoms with Crippen molar-refractivity contribution in [3.8, 4) is 0 Å². The third-order valence-electron chi connectivity index (χ3n) is 4.76. The van der Waals surface area contributed by atoms with Crippen molar-refractivity contribution < 1.29 is 14.0 Å². The number of carbonyl (C=O) groups is 2. The van der Waals surface area contributed by atoms with Crippen LogP contribution in [-0.2, 0) is 16.1 Å². The number of hydrogen-bond acceptors (Lipinski definition) is 6. The van der Waals surface area contributed by atoms with Crippen molar-refractivity contribution in [2.24, 2.45) is 10.7 Å². The van der Waals surface area contributed by atoms with E-state index in [0.717, 1.165) is 6.20 Å². The summed E-state index contributed by atoms with van der Waals surface area (Å²) in [6, 6.07) is 7.55. The summed E-state index contributed by atoms with van der Waals surface area (Å²) in [5, 5.41) is 8.81. The van der Waals surface area contributed by atoms with Gasteiger partial charge in [0.05, 0.1) is 40.4 Å². The minimum atomic E-state index is -0.964. The maximum Gasteiger partial charge on any atom is 0.255 e. The number of halogens is 2. The van der Waals surface area contributed by atoms with Crippen LogP contribution in [0.3, 0.4) is 0 Å². The molecule has 0 radical (unpaired) electrons. The molecule has 0 aliphatic heterocycles. The molecule has 1 fully saturated rings. The Balaban J connectivity index is 1.55. The first-order chi connectivity index (χ1) is 15.4. The van der Waals surface area contributed by atoms with E-state index in [1.807, 2.05) is 0 Å². The summed E-state index contributed by atoms with van der Waals surface area (Å²) < 4.78 is 13.2. The molecule has 3 rings (SSSR count). The zero-order valence-electron chi connectivity index (χ0n) is 17.1. The normalized spacial score (nSPS) is 14.6. The van der Waals surface area contributed by atoms with Gasteiger partial charge in [0.1, 0.15) is 11.4 Å². The van der Waals surface area contributed by atoms with E-state index >= 15 is 0 Å². The van der Waals surface area contributed by atoms with Crippen LogP contribution in [-0.4, -0.2) is 28.6 Å². The van der Waals surface area contributed by atoms with Crippen LogP contribution in [0.5, 0.6) is 0 Å². The van der Waals surface area contributed by atoms with Gasteiger partial charge in [-0.15, -0.1) is 0 Å². The Morgan fingerprint density at radius 2 is 2.09 bits per heavy atom. The van der Waals surface area contributed by atoms with Crippen molar-refractivity contribution in [1.29, 1.82) is 0 Å². The zero-order chi connectivity index (χ0) is 23.1. The molecule has 10 heteroatoms. The largest absolute Gasteiger partial charge is 0.404 e. The highest BCUT2D eigenvalue weighted by molar-refractivity contribution is 6.33. The highest BCUT2D eigenvalue weighted by atomic mass is 35.5. The number of anilines is 2. The van der Waals surface area contributed by atoms with Crippen LogP contribution in [0.2, 0.25) is 5.02 Å². The molecular formula is C22H22ClFN6O2. The molecule has 0 saturated heterocycles. The number of amides is 2. The van der Waals surface area contributed by atoms with Crippen LogP contribution in [0, 0.1) is 5.82 Å². The number of pyridine rings is 1. The van der Waals surface area contributed by atoms with Gasteiger partial charge in [0, 0.05) is 18.6 Å². The Hall–Kier alpha value is -3.72. The summed E-state index contributed by atoms with van der Waals surface area (Å²) in [5.41, 5.74) is 6.45. The molecule has 2 amide bonds. The van der Waals surface area contributed by atoms with Gasteiger partial charge in [-0.1, -0.05) is 18.2 Å². The Bertz CT molecular complexity index is 1080. The fourth-order valence-electron chi connectivity index (χ4n) is 2.82. The Kier molecular flexibility index (Phi) is 7.21. The predicted octanol–water partition coefficient (Wildman–Crippen LogP) is 2.94. The molecule has 5 N–H and O–H groups in total. The molecule has 32 heavy (non-hydrogen) atoms. The highest BCUT2D eigenvalue weighted by Gasteiger charge is 2.51. The summed E-state index contributed by atoms with van der Waals surface area (Å²) in [6.07, 6.45) is 6.29. The summed E-state index contributed by atoms with van der Waals surface area (Å²) >= 11 is 6.01. The predicted molar refractivity (Wildman–Crippen MR) is 122 cm³/mol.